The molecular weight excluding hydrogens is 384 g/mol. The third-order valence-corrected chi connectivity index (χ3v) is 7.18. The molecule has 0 radical (unpaired) electrons. The van der Waals surface area contributed by atoms with Crippen molar-refractivity contribution in [3.63, 3.8) is 0 Å². The zero-order valence-electron chi connectivity index (χ0n) is 16.0. The molecule has 0 fully saturated rings. The van der Waals surface area contributed by atoms with Crippen molar-refractivity contribution in [1.29, 1.82) is 0 Å². The van der Waals surface area contributed by atoms with Crippen molar-refractivity contribution in [1.82, 2.24) is 4.90 Å². The highest BCUT2D eigenvalue weighted by molar-refractivity contribution is 7.92. The number of methoxy groups -OCH3 is 1. The quantitative estimate of drug-likeness (QED) is 0.815. The molecule has 1 atom stereocenters. The van der Waals surface area contributed by atoms with E-state index in [9.17, 15) is 8.42 Å². The van der Waals surface area contributed by atoms with Gasteiger partial charge in [-0.1, -0.05) is 23.7 Å². The van der Waals surface area contributed by atoms with E-state index in [1.165, 1.54) is 0 Å². The molecule has 3 rings (SSSR count). The average molecular weight is 409 g/mol. The van der Waals surface area contributed by atoms with E-state index in [1.54, 1.807) is 38.3 Å². The number of likely N-dealkylation sites (N-methyl/N-ethyl adjacent to an activating group) is 1. The Balaban J connectivity index is 2.03. The predicted molar refractivity (Wildman–Crippen MR) is 109 cm³/mol. The Kier molecular flexibility index (Phi) is 5.70. The van der Waals surface area contributed by atoms with Gasteiger partial charge in [-0.3, -0.25) is 4.72 Å². The maximum absolute atomic E-state index is 13.0. The first-order valence-corrected chi connectivity index (χ1v) is 10.7. The Labute approximate surface area is 166 Å². The molecule has 1 aliphatic carbocycles. The normalized spacial score (nSPS) is 16.9. The largest absolute Gasteiger partial charge is 0.496 e. The SMILES string of the molecule is COc1ccc(NS(=O)(=O)c2c(C)cccc2Cl)c2c1C[C@@H](N(C)C)CC2. The average Bonchev–Trinajstić information content (AvgIpc) is 2.60. The lowest BCUT2D eigenvalue weighted by Gasteiger charge is -2.32. The first-order chi connectivity index (χ1) is 12.7. The van der Waals surface area contributed by atoms with Crippen LogP contribution in [0.1, 0.15) is 23.1 Å². The zero-order valence-corrected chi connectivity index (χ0v) is 17.6. The fourth-order valence-corrected chi connectivity index (χ4v) is 5.64. The lowest BCUT2D eigenvalue weighted by atomic mass is 9.86. The van der Waals surface area contributed by atoms with Crippen molar-refractivity contribution >= 4 is 27.3 Å². The minimum Gasteiger partial charge on any atom is -0.496 e. The summed E-state index contributed by atoms with van der Waals surface area (Å²) in [6.45, 7) is 1.74. The van der Waals surface area contributed by atoms with Gasteiger partial charge in [0.1, 0.15) is 10.6 Å². The van der Waals surface area contributed by atoms with E-state index in [2.05, 4.69) is 23.7 Å². The van der Waals surface area contributed by atoms with Crippen molar-refractivity contribution in [2.45, 2.75) is 37.1 Å². The third-order valence-electron chi connectivity index (χ3n) is 5.18. The van der Waals surface area contributed by atoms with E-state index < -0.39 is 10.0 Å². The number of nitrogens with zero attached hydrogens (tertiary/aromatic N) is 1. The molecule has 0 aromatic heterocycles. The lowest BCUT2D eigenvalue weighted by molar-refractivity contribution is 0.265. The van der Waals surface area contributed by atoms with Crippen LogP contribution in [-0.4, -0.2) is 40.6 Å². The molecule has 27 heavy (non-hydrogen) atoms. The van der Waals surface area contributed by atoms with Gasteiger partial charge in [-0.2, -0.15) is 0 Å². The number of hydrogen-bond donors (Lipinski definition) is 1. The van der Waals surface area contributed by atoms with Crippen molar-refractivity contribution in [2.75, 3.05) is 25.9 Å². The number of ether oxygens (including phenoxy) is 1. The molecule has 1 N–H and O–H groups in total. The highest BCUT2D eigenvalue weighted by atomic mass is 35.5. The van der Waals surface area contributed by atoms with Gasteiger partial charge in [-0.25, -0.2) is 8.42 Å². The topological polar surface area (TPSA) is 58.6 Å². The van der Waals surface area contributed by atoms with Gasteiger partial charge in [0.2, 0.25) is 0 Å². The van der Waals surface area contributed by atoms with Crippen LogP contribution in [-0.2, 0) is 22.9 Å². The van der Waals surface area contributed by atoms with Crippen molar-refractivity contribution in [3.05, 3.63) is 52.0 Å². The van der Waals surface area contributed by atoms with Gasteiger partial charge in [-0.05, 0) is 69.6 Å². The standard InChI is InChI=1S/C20H25ClN2O3S/c1-13-6-5-7-17(21)20(13)27(24,25)22-18-10-11-19(26-4)16-12-14(23(2)3)8-9-15(16)18/h5-7,10-11,14,22H,8-9,12H2,1-4H3/t14-/m0/s1. The summed E-state index contributed by atoms with van der Waals surface area (Å²) in [5, 5.41) is 0.220. The second-order valence-electron chi connectivity index (χ2n) is 7.12. The van der Waals surface area contributed by atoms with Crippen LogP contribution in [0, 0.1) is 6.92 Å². The molecule has 0 aliphatic heterocycles. The number of anilines is 1. The van der Waals surface area contributed by atoms with Crippen molar-refractivity contribution in [2.24, 2.45) is 0 Å². The Hall–Kier alpha value is -1.76. The Bertz CT molecular complexity index is 938. The number of nitrogens with one attached hydrogen (secondary N) is 1. The fraction of sp³-hybridized carbons (Fsp3) is 0.400. The van der Waals surface area contributed by atoms with Gasteiger partial charge in [-0.15, -0.1) is 0 Å². The predicted octanol–water partition coefficient (Wildman–Crippen LogP) is 3.88. The van der Waals surface area contributed by atoms with Crippen LogP contribution in [0.25, 0.3) is 0 Å². The smallest absolute Gasteiger partial charge is 0.263 e. The molecule has 7 heteroatoms. The molecular formula is C20H25ClN2O3S. The fourth-order valence-electron chi connectivity index (χ4n) is 3.71. The minimum absolute atomic E-state index is 0.123. The summed E-state index contributed by atoms with van der Waals surface area (Å²) in [6, 6.07) is 9.09. The van der Waals surface area contributed by atoms with Crippen LogP contribution in [0.4, 0.5) is 5.69 Å². The molecule has 2 aromatic carbocycles. The van der Waals surface area contributed by atoms with Gasteiger partial charge in [0.25, 0.3) is 10.0 Å². The van der Waals surface area contributed by atoms with Crippen LogP contribution >= 0.6 is 11.6 Å². The van der Waals surface area contributed by atoms with E-state index in [4.69, 9.17) is 16.3 Å². The van der Waals surface area contributed by atoms with E-state index in [0.717, 1.165) is 36.1 Å². The van der Waals surface area contributed by atoms with Crippen molar-refractivity contribution < 1.29 is 13.2 Å². The maximum atomic E-state index is 13.0. The molecule has 0 amide bonds. The van der Waals surface area contributed by atoms with Gasteiger partial charge in [0, 0.05) is 11.6 Å². The van der Waals surface area contributed by atoms with Crippen LogP contribution in [0.2, 0.25) is 5.02 Å². The number of halogens is 1. The molecule has 5 nitrogen and oxygen atoms in total. The minimum atomic E-state index is -3.79. The summed E-state index contributed by atoms with van der Waals surface area (Å²) in [5.74, 6) is 0.799. The van der Waals surface area contributed by atoms with Crippen LogP contribution in [0.3, 0.4) is 0 Å². The highest BCUT2D eigenvalue weighted by Crippen LogP contribution is 2.37. The number of benzene rings is 2. The second-order valence-corrected chi connectivity index (χ2v) is 9.15. The number of hydrogen-bond acceptors (Lipinski definition) is 4. The summed E-state index contributed by atoms with van der Waals surface area (Å²) in [5.41, 5.74) is 3.28. The zero-order chi connectivity index (χ0) is 19.8. The monoisotopic (exact) mass is 408 g/mol. The van der Waals surface area contributed by atoms with E-state index in [0.29, 0.717) is 17.3 Å². The Morgan fingerprint density at radius 1 is 1.19 bits per heavy atom. The summed E-state index contributed by atoms with van der Waals surface area (Å²) < 4.78 is 34.3. The third kappa shape index (κ3) is 3.93. The lowest BCUT2D eigenvalue weighted by Crippen LogP contribution is -2.34. The van der Waals surface area contributed by atoms with Gasteiger partial charge in [0.15, 0.2) is 0 Å². The maximum Gasteiger partial charge on any atom is 0.263 e. The van der Waals surface area contributed by atoms with Crippen molar-refractivity contribution in [3.8, 4) is 5.75 Å². The van der Waals surface area contributed by atoms with Gasteiger partial charge in [0.05, 0.1) is 17.8 Å². The summed E-state index contributed by atoms with van der Waals surface area (Å²) in [6.07, 6.45) is 2.58. The first-order valence-electron chi connectivity index (χ1n) is 8.87. The number of aryl methyl sites for hydroxylation is 1. The Morgan fingerprint density at radius 2 is 1.93 bits per heavy atom. The molecule has 0 unspecified atom stereocenters. The molecule has 0 spiro atoms. The molecule has 2 aromatic rings. The van der Waals surface area contributed by atoms with E-state index in [1.807, 2.05) is 6.07 Å². The van der Waals surface area contributed by atoms with Crippen LogP contribution in [0.5, 0.6) is 5.75 Å². The highest BCUT2D eigenvalue weighted by Gasteiger charge is 2.28. The molecule has 1 aliphatic rings. The van der Waals surface area contributed by atoms with E-state index in [-0.39, 0.29) is 9.92 Å². The summed E-state index contributed by atoms with van der Waals surface area (Å²) in [7, 11) is 1.98. The molecule has 0 saturated carbocycles. The first kappa shape index (κ1) is 20.0. The van der Waals surface area contributed by atoms with Gasteiger partial charge < -0.3 is 9.64 Å². The van der Waals surface area contributed by atoms with E-state index >= 15 is 0 Å². The van der Waals surface area contributed by atoms with Gasteiger partial charge >= 0.3 is 0 Å². The van der Waals surface area contributed by atoms with Crippen LogP contribution < -0.4 is 9.46 Å². The number of fused-ring (bicyclic) bond motifs is 1. The molecule has 0 saturated heterocycles. The molecule has 146 valence electrons. The number of rotatable bonds is 5. The Morgan fingerprint density at radius 3 is 2.56 bits per heavy atom. The number of sulfonamides is 1. The summed E-state index contributed by atoms with van der Waals surface area (Å²) in [4.78, 5) is 2.32. The molecule has 0 bridgehead atoms. The molecule has 0 heterocycles. The second kappa shape index (κ2) is 7.70. The van der Waals surface area contributed by atoms with Crippen LogP contribution in [0.15, 0.2) is 35.2 Å². The summed E-state index contributed by atoms with van der Waals surface area (Å²) >= 11 is 6.18.